The highest BCUT2D eigenvalue weighted by molar-refractivity contribution is 6.12. The molecular weight excluding hydrogens is 524 g/mol. The Labute approximate surface area is 248 Å². The normalized spacial score (nSPS) is 11.7. The zero-order valence-corrected chi connectivity index (χ0v) is 23.3. The smallest absolute Gasteiger partial charge is 0.136 e. The number of anilines is 3. The molecular formula is C40H26N2O. The summed E-state index contributed by atoms with van der Waals surface area (Å²) in [4.78, 5) is 2.35. The van der Waals surface area contributed by atoms with Crippen LogP contribution in [0, 0.1) is 0 Å². The zero-order valence-electron chi connectivity index (χ0n) is 23.3. The Morgan fingerprint density at radius 3 is 1.93 bits per heavy atom. The predicted octanol–water partition coefficient (Wildman–Crippen LogP) is 11.3. The van der Waals surface area contributed by atoms with Gasteiger partial charge < -0.3 is 13.9 Å². The molecule has 0 bridgehead atoms. The molecule has 0 aliphatic carbocycles. The van der Waals surface area contributed by atoms with Crippen molar-refractivity contribution in [3.63, 3.8) is 0 Å². The van der Waals surface area contributed by atoms with Gasteiger partial charge in [0.15, 0.2) is 0 Å². The van der Waals surface area contributed by atoms with Crippen molar-refractivity contribution in [3.8, 4) is 5.69 Å². The molecule has 7 aromatic carbocycles. The summed E-state index contributed by atoms with van der Waals surface area (Å²) in [6.45, 7) is 0. The van der Waals surface area contributed by atoms with Gasteiger partial charge in [0.25, 0.3) is 0 Å². The second-order valence-electron chi connectivity index (χ2n) is 11.0. The Kier molecular flexibility index (Phi) is 5.20. The molecule has 0 saturated carbocycles. The Bertz CT molecular complexity index is 2450. The summed E-state index contributed by atoms with van der Waals surface area (Å²) in [7, 11) is 0. The maximum absolute atomic E-state index is 6.18. The summed E-state index contributed by atoms with van der Waals surface area (Å²) in [5.74, 6) is 0. The first-order chi connectivity index (χ1) is 21.3. The molecule has 2 aromatic heterocycles. The molecule has 0 aliphatic rings. The van der Waals surface area contributed by atoms with E-state index in [1.54, 1.807) is 0 Å². The third-order valence-corrected chi connectivity index (χ3v) is 8.52. The molecule has 0 fully saturated rings. The summed E-state index contributed by atoms with van der Waals surface area (Å²) in [5, 5.41) is 7.11. The average molecular weight is 551 g/mol. The van der Waals surface area contributed by atoms with Gasteiger partial charge in [-0.15, -0.1) is 0 Å². The lowest BCUT2D eigenvalue weighted by molar-refractivity contribution is 0.669. The Hall–Kier alpha value is -5.80. The summed E-state index contributed by atoms with van der Waals surface area (Å²) >= 11 is 0. The number of hydrogen-bond acceptors (Lipinski definition) is 2. The van der Waals surface area contributed by atoms with Crippen molar-refractivity contribution >= 4 is 71.6 Å². The summed E-state index contributed by atoms with van der Waals surface area (Å²) < 4.78 is 8.55. The van der Waals surface area contributed by atoms with Crippen LogP contribution in [0.2, 0.25) is 0 Å². The predicted molar refractivity (Wildman–Crippen MR) is 180 cm³/mol. The molecule has 9 aromatic rings. The van der Waals surface area contributed by atoms with Crippen LogP contribution in [-0.4, -0.2) is 4.57 Å². The lowest BCUT2D eigenvalue weighted by Crippen LogP contribution is -2.10. The molecule has 0 spiro atoms. The van der Waals surface area contributed by atoms with E-state index in [0.717, 1.165) is 50.1 Å². The molecule has 0 unspecified atom stereocenters. The third kappa shape index (κ3) is 3.75. The lowest BCUT2D eigenvalue weighted by Gasteiger charge is -2.26. The molecule has 0 atom stereocenters. The number of hydrogen-bond donors (Lipinski definition) is 0. The van der Waals surface area contributed by atoms with Gasteiger partial charge in [0.1, 0.15) is 11.2 Å². The second kappa shape index (κ2) is 9.37. The largest absolute Gasteiger partial charge is 0.456 e. The third-order valence-electron chi connectivity index (χ3n) is 8.52. The number of para-hydroxylation sites is 4. The van der Waals surface area contributed by atoms with Crippen molar-refractivity contribution in [1.29, 1.82) is 0 Å². The number of benzene rings is 7. The van der Waals surface area contributed by atoms with Crippen molar-refractivity contribution in [3.05, 3.63) is 158 Å². The van der Waals surface area contributed by atoms with Crippen LogP contribution in [0.4, 0.5) is 17.1 Å². The molecule has 0 amide bonds. The van der Waals surface area contributed by atoms with Crippen LogP contribution in [-0.2, 0) is 0 Å². The molecule has 3 nitrogen and oxygen atoms in total. The Balaban J connectivity index is 1.28. The molecule has 202 valence electrons. The van der Waals surface area contributed by atoms with Crippen LogP contribution in [0.5, 0.6) is 0 Å². The number of nitrogens with zero attached hydrogens (tertiary/aromatic N) is 2. The van der Waals surface area contributed by atoms with E-state index in [-0.39, 0.29) is 0 Å². The fraction of sp³-hybridized carbons (Fsp3) is 0. The van der Waals surface area contributed by atoms with E-state index in [1.165, 1.54) is 27.2 Å². The van der Waals surface area contributed by atoms with Crippen molar-refractivity contribution in [2.75, 3.05) is 4.90 Å². The first kappa shape index (κ1) is 23.9. The molecule has 9 rings (SSSR count). The van der Waals surface area contributed by atoms with E-state index in [9.17, 15) is 0 Å². The summed E-state index contributed by atoms with van der Waals surface area (Å²) in [6.07, 6.45) is 0. The molecule has 2 heterocycles. The van der Waals surface area contributed by atoms with E-state index in [0.29, 0.717) is 0 Å². The van der Waals surface area contributed by atoms with Crippen LogP contribution >= 0.6 is 0 Å². The second-order valence-corrected chi connectivity index (χ2v) is 11.0. The van der Waals surface area contributed by atoms with Gasteiger partial charge in [-0.05, 0) is 83.6 Å². The fourth-order valence-electron chi connectivity index (χ4n) is 6.57. The van der Waals surface area contributed by atoms with Crippen molar-refractivity contribution in [2.45, 2.75) is 0 Å². The van der Waals surface area contributed by atoms with Crippen LogP contribution in [0.1, 0.15) is 0 Å². The quantitative estimate of drug-likeness (QED) is 0.217. The molecule has 0 aliphatic heterocycles. The van der Waals surface area contributed by atoms with Crippen LogP contribution < -0.4 is 4.90 Å². The Morgan fingerprint density at radius 2 is 1.07 bits per heavy atom. The topological polar surface area (TPSA) is 21.3 Å². The first-order valence-electron chi connectivity index (χ1n) is 14.6. The molecule has 0 N–H and O–H groups in total. The van der Waals surface area contributed by atoms with Crippen molar-refractivity contribution in [1.82, 2.24) is 4.57 Å². The number of aromatic nitrogens is 1. The monoisotopic (exact) mass is 550 g/mol. The SMILES string of the molecule is c1ccc(N(c2ccc3cc4oc5ccccc5c4cc3c2)c2ccc3c4ccccc4n(-c4ccccc4)c3c2)cc1. The highest BCUT2D eigenvalue weighted by Crippen LogP contribution is 2.41. The van der Waals surface area contributed by atoms with E-state index >= 15 is 0 Å². The number of fused-ring (bicyclic) bond motifs is 7. The van der Waals surface area contributed by atoms with Gasteiger partial charge in [0, 0.05) is 44.3 Å². The van der Waals surface area contributed by atoms with Crippen LogP contribution in [0.25, 0.3) is 60.2 Å². The van der Waals surface area contributed by atoms with E-state index in [1.807, 2.05) is 12.1 Å². The average Bonchev–Trinajstić information content (AvgIpc) is 3.59. The molecule has 0 saturated heterocycles. The number of furan rings is 1. The van der Waals surface area contributed by atoms with Crippen LogP contribution in [0.3, 0.4) is 0 Å². The highest BCUT2D eigenvalue weighted by Gasteiger charge is 2.18. The molecule has 3 heteroatoms. The lowest BCUT2D eigenvalue weighted by atomic mass is 10.0. The van der Waals surface area contributed by atoms with Gasteiger partial charge in [-0.2, -0.15) is 0 Å². The fourth-order valence-corrected chi connectivity index (χ4v) is 6.57. The van der Waals surface area contributed by atoms with E-state index in [4.69, 9.17) is 4.42 Å². The Morgan fingerprint density at radius 1 is 0.395 bits per heavy atom. The van der Waals surface area contributed by atoms with Crippen molar-refractivity contribution < 1.29 is 4.42 Å². The molecule has 0 radical (unpaired) electrons. The zero-order chi connectivity index (χ0) is 28.3. The van der Waals surface area contributed by atoms with E-state index in [2.05, 4.69) is 155 Å². The highest BCUT2D eigenvalue weighted by atomic mass is 16.3. The van der Waals surface area contributed by atoms with Gasteiger partial charge in [-0.1, -0.05) is 84.9 Å². The maximum Gasteiger partial charge on any atom is 0.136 e. The van der Waals surface area contributed by atoms with Gasteiger partial charge >= 0.3 is 0 Å². The number of rotatable bonds is 4. The first-order valence-corrected chi connectivity index (χ1v) is 14.6. The van der Waals surface area contributed by atoms with Gasteiger partial charge in [-0.25, -0.2) is 0 Å². The minimum atomic E-state index is 0.917. The van der Waals surface area contributed by atoms with Gasteiger partial charge in [-0.3, -0.25) is 0 Å². The standard InChI is InChI=1S/C40H26N2O/c1-3-11-29(12-4-1)41(31-20-19-27-25-40-36(24-28(27)23-31)35-16-8-10-18-39(35)43-40)32-21-22-34-33-15-7-9-17-37(33)42(38(34)26-32)30-13-5-2-6-14-30/h1-26H. The maximum atomic E-state index is 6.18. The van der Waals surface area contributed by atoms with Crippen molar-refractivity contribution in [2.24, 2.45) is 0 Å². The van der Waals surface area contributed by atoms with E-state index < -0.39 is 0 Å². The van der Waals surface area contributed by atoms with Crippen LogP contribution in [0.15, 0.2) is 162 Å². The summed E-state index contributed by atoms with van der Waals surface area (Å²) in [5.41, 5.74) is 8.69. The molecule has 43 heavy (non-hydrogen) atoms. The minimum Gasteiger partial charge on any atom is -0.456 e. The summed E-state index contributed by atoms with van der Waals surface area (Å²) in [6, 6.07) is 56.1. The van der Waals surface area contributed by atoms with Gasteiger partial charge in [0.05, 0.1) is 11.0 Å². The van der Waals surface area contributed by atoms with Gasteiger partial charge in [0.2, 0.25) is 0 Å². The minimum absolute atomic E-state index is 0.917.